The summed E-state index contributed by atoms with van der Waals surface area (Å²) >= 11 is 4.05. The normalized spacial score (nSPS) is 17.0. The molecule has 6 heteroatoms. The lowest BCUT2D eigenvalue weighted by atomic mass is 10.1. The van der Waals surface area contributed by atoms with Gasteiger partial charge >= 0.3 is 0 Å². The summed E-state index contributed by atoms with van der Waals surface area (Å²) in [6.07, 6.45) is 3.80. The van der Waals surface area contributed by atoms with Crippen molar-refractivity contribution >= 4 is 45.6 Å². The maximum Gasteiger partial charge on any atom is 0.226 e. The van der Waals surface area contributed by atoms with Gasteiger partial charge in [-0.05, 0) is 57.8 Å². The average Bonchev–Trinajstić information content (AvgIpc) is 3.18. The molecule has 1 aliphatic rings. The molecule has 1 aliphatic heterocycles. The molecule has 0 radical (unpaired) electrons. The summed E-state index contributed by atoms with van der Waals surface area (Å²) in [5.74, 6) is 0.782. The zero-order chi connectivity index (χ0) is 14.2. The zero-order valence-electron chi connectivity index (χ0n) is 10.9. The van der Waals surface area contributed by atoms with E-state index in [-0.39, 0.29) is 6.04 Å². The van der Waals surface area contributed by atoms with Crippen LogP contribution in [0.3, 0.4) is 0 Å². The van der Waals surface area contributed by atoms with Crippen LogP contribution in [0.15, 0.2) is 54.2 Å². The van der Waals surface area contributed by atoms with Crippen molar-refractivity contribution in [2.75, 3.05) is 5.32 Å². The zero-order valence-corrected chi connectivity index (χ0v) is 13.9. The lowest BCUT2D eigenvalue weighted by Gasteiger charge is -2.23. The monoisotopic (exact) mass is 406 g/mol. The fourth-order valence-electron chi connectivity index (χ4n) is 2.39. The second-order valence-electron chi connectivity index (χ2n) is 4.70. The molecule has 1 atom stereocenters. The maximum absolute atomic E-state index is 4.34. The summed E-state index contributed by atoms with van der Waals surface area (Å²) in [5.41, 5.74) is 2.23. The van der Waals surface area contributed by atoms with Gasteiger partial charge in [0.25, 0.3) is 0 Å². The van der Waals surface area contributed by atoms with Gasteiger partial charge in [-0.15, -0.1) is 11.3 Å². The number of anilines is 1. The maximum atomic E-state index is 4.34. The number of thiophene rings is 1. The molecule has 0 saturated carbocycles. The minimum atomic E-state index is 0.0954. The first kappa shape index (κ1) is 13.0. The summed E-state index contributed by atoms with van der Waals surface area (Å²) < 4.78 is 3.15. The molecule has 2 aromatic heterocycles. The summed E-state index contributed by atoms with van der Waals surface area (Å²) in [6.45, 7) is 0. The Bertz CT molecular complexity index is 789. The number of hydrogen-bond acceptors (Lipinski definition) is 4. The molecular weight excluding hydrogens is 395 g/mol. The van der Waals surface area contributed by atoms with E-state index >= 15 is 0 Å². The van der Waals surface area contributed by atoms with E-state index in [1.54, 1.807) is 17.7 Å². The lowest BCUT2D eigenvalue weighted by molar-refractivity contribution is 0.620. The Morgan fingerprint density at radius 3 is 2.81 bits per heavy atom. The van der Waals surface area contributed by atoms with Gasteiger partial charge in [-0.2, -0.15) is 10.1 Å². The predicted octanol–water partition coefficient (Wildman–Crippen LogP) is 4.00. The van der Waals surface area contributed by atoms with Gasteiger partial charge < -0.3 is 5.32 Å². The van der Waals surface area contributed by atoms with E-state index in [1.165, 1.54) is 8.45 Å². The van der Waals surface area contributed by atoms with Gasteiger partial charge in [-0.3, -0.25) is 0 Å². The molecule has 3 aromatic rings. The number of aromatic nitrogens is 3. The molecule has 0 spiro atoms. The molecule has 1 N–H and O–H groups in total. The minimum Gasteiger partial charge on any atom is -0.324 e. The fourth-order valence-corrected chi connectivity index (χ4v) is 3.53. The second-order valence-corrected chi connectivity index (χ2v) is 6.93. The van der Waals surface area contributed by atoms with Crippen LogP contribution in [0, 0.1) is 3.57 Å². The van der Waals surface area contributed by atoms with Crippen LogP contribution in [-0.2, 0) is 0 Å². The number of benzene rings is 1. The Labute approximate surface area is 139 Å². The molecule has 1 aromatic carbocycles. The molecule has 4 nitrogen and oxygen atoms in total. The number of allylic oxidation sites excluding steroid dienone is 1. The molecule has 0 fully saturated rings. The van der Waals surface area contributed by atoms with Crippen molar-refractivity contribution in [3.05, 3.63) is 68.2 Å². The number of halogens is 1. The standard InChI is InChI=1S/C15H11IN4S/c16-11-5-3-10(4-6-11)12-8-13(14-2-1-7-21-14)20-15(19-12)17-9-18-20/h1-9,13H,(H,17,18,19)/t13-/m0/s1. The molecule has 0 bridgehead atoms. The van der Waals surface area contributed by atoms with Crippen molar-refractivity contribution in [3.63, 3.8) is 0 Å². The molecule has 104 valence electrons. The highest BCUT2D eigenvalue weighted by molar-refractivity contribution is 14.1. The lowest BCUT2D eigenvalue weighted by Crippen LogP contribution is -2.19. The third-order valence-corrected chi connectivity index (χ3v) is 5.06. The quantitative estimate of drug-likeness (QED) is 0.655. The number of nitrogens with zero attached hydrogens (tertiary/aromatic N) is 3. The minimum absolute atomic E-state index is 0.0954. The predicted molar refractivity (Wildman–Crippen MR) is 93.2 cm³/mol. The van der Waals surface area contributed by atoms with E-state index in [0.29, 0.717) is 0 Å². The highest BCUT2D eigenvalue weighted by Gasteiger charge is 2.23. The van der Waals surface area contributed by atoms with Gasteiger partial charge in [0.15, 0.2) is 0 Å². The van der Waals surface area contributed by atoms with Crippen LogP contribution in [0.25, 0.3) is 5.70 Å². The van der Waals surface area contributed by atoms with Crippen molar-refractivity contribution in [1.29, 1.82) is 0 Å². The Morgan fingerprint density at radius 2 is 2.05 bits per heavy atom. The van der Waals surface area contributed by atoms with E-state index in [2.05, 4.69) is 85.8 Å². The molecule has 0 aliphatic carbocycles. The number of rotatable bonds is 2. The molecule has 0 unspecified atom stereocenters. The summed E-state index contributed by atoms with van der Waals surface area (Å²) in [4.78, 5) is 5.57. The summed E-state index contributed by atoms with van der Waals surface area (Å²) in [7, 11) is 0. The molecule has 21 heavy (non-hydrogen) atoms. The van der Waals surface area contributed by atoms with Crippen LogP contribution in [-0.4, -0.2) is 14.8 Å². The van der Waals surface area contributed by atoms with Crippen LogP contribution < -0.4 is 5.32 Å². The smallest absolute Gasteiger partial charge is 0.226 e. The van der Waals surface area contributed by atoms with Crippen molar-refractivity contribution in [2.45, 2.75) is 6.04 Å². The summed E-state index contributed by atoms with van der Waals surface area (Å²) in [5, 5.41) is 9.79. The van der Waals surface area contributed by atoms with E-state index < -0.39 is 0 Å². The van der Waals surface area contributed by atoms with Gasteiger partial charge in [0, 0.05) is 14.1 Å². The van der Waals surface area contributed by atoms with E-state index in [9.17, 15) is 0 Å². The Hall–Kier alpha value is -1.67. The first-order chi connectivity index (χ1) is 10.3. The van der Waals surface area contributed by atoms with E-state index in [0.717, 1.165) is 17.2 Å². The Morgan fingerprint density at radius 1 is 1.19 bits per heavy atom. The first-order valence-electron chi connectivity index (χ1n) is 6.49. The molecule has 0 amide bonds. The third-order valence-electron chi connectivity index (χ3n) is 3.40. The van der Waals surface area contributed by atoms with Crippen molar-refractivity contribution in [3.8, 4) is 0 Å². The van der Waals surface area contributed by atoms with Gasteiger partial charge in [0.1, 0.15) is 12.4 Å². The van der Waals surface area contributed by atoms with Gasteiger partial charge in [0.2, 0.25) is 5.95 Å². The number of fused-ring (bicyclic) bond motifs is 1. The van der Waals surface area contributed by atoms with Gasteiger partial charge in [0.05, 0.1) is 0 Å². The third kappa shape index (κ3) is 2.38. The SMILES string of the molecule is Ic1ccc(C2=C[C@@H](c3cccs3)n3ncnc3N2)cc1. The number of nitrogens with one attached hydrogen (secondary N) is 1. The second kappa shape index (κ2) is 5.27. The Kier molecular flexibility index (Phi) is 3.27. The van der Waals surface area contributed by atoms with Crippen molar-refractivity contribution < 1.29 is 0 Å². The van der Waals surface area contributed by atoms with Gasteiger partial charge in [-0.25, -0.2) is 4.68 Å². The highest BCUT2D eigenvalue weighted by Crippen LogP contribution is 2.33. The van der Waals surface area contributed by atoms with Gasteiger partial charge in [-0.1, -0.05) is 18.2 Å². The van der Waals surface area contributed by atoms with Crippen LogP contribution in [0.4, 0.5) is 5.95 Å². The summed E-state index contributed by atoms with van der Waals surface area (Å²) in [6, 6.07) is 12.8. The van der Waals surface area contributed by atoms with E-state index in [1.807, 2.05) is 4.68 Å². The molecule has 4 rings (SSSR count). The van der Waals surface area contributed by atoms with Crippen molar-refractivity contribution in [1.82, 2.24) is 14.8 Å². The molecule has 0 saturated heterocycles. The number of hydrogen-bond donors (Lipinski definition) is 1. The topological polar surface area (TPSA) is 42.7 Å². The van der Waals surface area contributed by atoms with Crippen LogP contribution >= 0.6 is 33.9 Å². The first-order valence-corrected chi connectivity index (χ1v) is 8.45. The van der Waals surface area contributed by atoms with Crippen LogP contribution in [0.2, 0.25) is 0 Å². The van der Waals surface area contributed by atoms with Crippen LogP contribution in [0.1, 0.15) is 16.5 Å². The highest BCUT2D eigenvalue weighted by atomic mass is 127. The van der Waals surface area contributed by atoms with Crippen molar-refractivity contribution in [2.24, 2.45) is 0 Å². The molecular formula is C15H11IN4S. The van der Waals surface area contributed by atoms with Crippen LogP contribution in [0.5, 0.6) is 0 Å². The fraction of sp³-hybridized carbons (Fsp3) is 0.0667. The Balaban J connectivity index is 1.80. The average molecular weight is 406 g/mol. The molecule has 3 heterocycles. The largest absolute Gasteiger partial charge is 0.324 e. The van der Waals surface area contributed by atoms with E-state index in [4.69, 9.17) is 0 Å².